The topological polar surface area (TPSA) is 17.1 Å². The summed E-state index contributed by atoms with van der Waals surface area (Å²) < 4.78 is 0. The van der Waals surface area contributed by atoms with E-state index in [0.717, 1.165) is 0 Å². The van der Waals surface area contributed by atoms with Gasteiger partial charge in [0, 0.05) is 5.92 Å². The summed E-state index contributed by atoms with van der Waals surface area (Å²) in [6, 6.07) is 0. The maximum absolute atomic E-state index is 11.8. The summed E-state index contributed by atoms with van der Waals surface area (Å²) in [5.41, 5.74) is 0.434. The third kappa shape index (κ3) is 1.51. The molecule has 2 saturated carbocycles. The summed E-state index contributed by atoms with van der Waals surface area (Å²) in [4.78, 5) is 11.8. The molecule has 0 saturated heterocycles. The fourth-order valence-corrected chi connectivity index (χ4v) is 4.17. The summed E-state index contributed by atoms with van der Waals surface area (Å²) in [7, 11) is 0. The lowest BCUT2D eigenvalue weighted by Gasteiger charge is -2.44. The Labute approximate surface area is 87.3 Å². The Hall–Kier alpha value is -0.330. The maximum atomic E-state index is 11.8. The van der Waals surface area contributed by atoms with Crippen LogP contribution < -0.4 is 0 Å². The molecule has 0 N–H and O–H groups in total. The van der Waals surface area contributed by atoms with Gasteiger partial charge in [-0.05, 0) is 43.9 Å². The first-order valence-electron chi connectivity index (χ1n) is 6.16. The van der Waals surface area contributed by atoms with Gasteiger partial charge in [0.1, 0.15) is 5.78 Å². The highest BCUT2D eigenvalue weighted by Gasteiger charge is 2.47. The Balaban J connectivity index is 2.23. The minimum atomic E-state index is 0.388. The molecule has 2 unspecified atom stereocenters. The quantitative estimate of drug-likeness (QED) is 0.623. The van der Waals surface area contributed by atoms with Crippen molar-refractivity contribution in [1.29, 1.82) is 0 Å². The monoisotopic (exact) mass is 194 g/mol. The third-order valence-electron chi connectivity index (χ3n) is 4.60. The fraction of sp³-hybridized carbons (Fsp3) is 0.923. The van der Waals surface area contributed by atoms with Crippen molar-refractivity contribution in [2.75, 3.05) is 0 Å². The van der Waals surface area contributed by atoms with Gasteiger partial charge in [-0.2, -0.15) is 0 Å². The van der Waals surface area contributed by atoms with E-state index in [9.17, 15) is 4.79 Å². The van der Waals surface area contributed by atoms with Crippen molar-refractivity contribution in [3.8, 4) is 0 Å². The first kappa shape index (κ1) is 10.2. The van der Waals surface area contributed by atoms with Crippen molar-refractivity contribution in [1.82, 2.24) is 0 Å². The van der Waals surface area contributed by atoms with E-state index in [2.05, 4.69) is 6.92 Å². The number of carbonyl (C=O) groups is 1. The van der Waals surface area contributed by atoms with Crippen LogP contribution in [-0.2, 0) is 4.79 Å². The van der Waals surface area contributed by atoms with Crippen molar-refractivity contribution in [3.05, 3.63) is 0 Å². The van der Waals surface area contributed by atoms with Crippen LogP contribution in [0.2, 0.25) is 0 Å². The highest BCUT2D eigenvalue weighted by atomic mass is 16.1. The molecule has 0 aromatic rings. The lowest BCUT2D eigenvalue weighted by molar-refractivity contribution is -0.129. The Morgan fingerprint density at radius 3 is 2.29 bits per heavy atom. The number of ketones is 1. The summed E-state index contributed by atoms with van der Waals surface area (Å²) in [6.07, 6.45) is 9.30. The molecule has 2 aliphatic rings. The van der Waals surface area contributed by atoms with Crippen molar-refractivity contribution in [3.63, 3.8) is 0 Å². The third-order valence-corrected chi connectivity index (χ3v) is 4.60. The normalized spacial score (nSPS) is 36.1. The Morgan fingerprint density at radius 2 is 1.71 bits per heavy atom. The standard InChI is InChI=1S/C13H22O/c1-10-6-5-9-13(7-3-4-8-13)12(10)11(2)14/h10,12H,3-9H2,1-2H3. The van der Waals surface area contributed by atoms with Crippen LogP contribution in [0.1, 0.15) is 58.8 Å². The van der Waals surface area contributed by atoms with Gasteiger partial charge in [-0.25, -0.2) is 0 Å². The Bertz CT molecular complexity index is 225. The Morgan fingerprint density at radius 1 is 1.14 bits per heavy atom. The highest BCUT2D eigenvalue weighted by molar-refractivity contribution is 5.79. The number of rotatable bonds is 1. The maximum Gasteiger partial charge on any atom is 0.133 e. The molecule has 0 aliphatic heterocycles. The smallest absolute Gasteiger partial charge is 0.133 e. The molecule has 2 fully saturated rings. The molecule has 0 bridgehead atoms. The second-order valence-electron chi connectivity index (χ2n) is 5.53. The average Bonchev–Trinajstić information content (AvgIpc) is 2.53. The zero-order valence-corrected chi connectivity index (χ0v) is 9.51. The predicted molar refractivity (Wildman–Crippen MR) is 58.1 cm³/mol. The SMILES string of the molecule is CC(=O)C1C(C)CCCC12CCCC2. The van der Waals surface area contributed by atoms with Crippen LogP contribution in [-0.4, -0.2) is 5.78 Å². The van der Waals surface area contributed by atoms with Crippen molar-refractivity contribution in [2.45, 2.75) is 58.8 Å². The molecule has 1 spiro atoms. The largest absolute Gasteiger partial charge is 0.300 e. The fourth-order valence-electron chi connectivity index (χ4n) is 4.17. The molecule has 0 amide bonds. The minimum Gasteiger partial charge on any atom is -0.300 e. The molecule has 14 heavy (non-hydrogen) atoms. The van der Waals surface area contributed by atoms with E-state index < -0.39 is 0 Å². The summed E-state index contributed by atoms with van der Waals surface area (Å²) in [6.45, 7) is 4.10. The van der Waals surface area contributed by atoms with E-state index in [-0.39, 0.29) is 0 Å². The van der Waals surface area contributed by atoms with E-state index in [4.69, 9.17) is 0 Å². The molecule has 80 valence electrons. The van der Waals surface area contributed by atoms with Crippen LogP contribution in [0.25, 0.3) is 0 Å². The highest BCUT2D eigenvalue weighted by Crippen LogP contribution is 2.54. The Kier molecular flexibility index (Phi) is 2.68. The predicted octanol–water partition coefficient (Wildman–Crippen LogP) is 3.57. The summed E-state index contributed by atoms with van der Waals surface area (Å²) in [5.74, 6) is 1.48. The number of hydrogen-bond donors (Lipinski definition) is 0. The molecular formula is C13H22O. The van der Waals surface area contributed by atoms with E-state index in [1.807, 2.05) is 6.92 Å². The van der Waals surface area contributed by atoms with Crippen LogP contribution in [0.4, 0.5) is 0 Å². The molecule has 2 rings (SSSR count). The van der Waals surface area contributed by atoms with Crippen LogP contribution >= 0.6 is 0 Å². The lowest BCUT2D eigenvalue weighted by atomic mass is 9.60. The minimum absolute atomic E-state index is 0.388. The summed E-state index contributed by atoms with van der Waals surface area (Å²) >= 11 is 0. The average molecular weight is 194 g/mol. The molecule has 0 aromatic carbocycles. The molecule has 1 nitrogen and oxygen atoms in total. The van der Waals surface area contributed by atoms with Gasteiger partial charge in [-0.1, -0.05) is 26.2 Å². The molecule has 2 atom stereocenters. The van der Waals surface area contributed by atoms with Crippen molar-refractivity contribution < 1.29 is 4.79 Å². The van der Waals surface area contributed by atoms with Gasteiger partial charge in [0.15, 0.2) is 0 Å². The molecule has 0 radical (unpaired) electrons. The van der Waals surface area contributed by atoms with Gasteiger partial charge in [0.2, 0.25) is 0 Å². The zero-order chi connectivity index (χ0) is 10.2. The second kappa shape index (κ2) is 3.67. The molecule has 0 aromatic heterocycles. The van der Waals surface area contributed by atoms with Crippen LogP contribution in [0.15, 0.2) is 0 Å². The van der Waals surface area contributed by atoms with Gasteiger partial charge in [0.05, 0.1) is 0 Å². The van der Waals surface area contributed by atoms with Crippen LogP contribution in [0, 0.1) is 17.3 Å². The summed E-state index contributed by atoms with van der Waals surface area (Å²) in [5, 5.41) is 0. The molecule has 1 heteroatoms. The molecule has 0 heterocycles. The van der Waals surface area contributed by atoms with Crippen LogP contribution in [0.3, 0.4) is 0 Å². The lowest BCUT2D eigenvalue weighted by Crippen LogP contribution is -2.40. The number of hydrogen-bond acceptors (Lipinski definition) is 1. The zero-order valence-electron chi connectivity index (χ0n) is 9.51. The first-order valence-corrected chi connectivity index (χ1v) is 6.16. The number of Topliss-reactive ketones (excluding diaryl/α,β-unsaturated/α-hetero) is 1. The van der Waals surface area contributed by atoms with Crippen LogP contribution in [0.5, 0.6) is 0 Å². The van der Waals surface area contributed by atoms with Gasteiger partial charge >= 0.3 is 0 Å². The second-order valence-corrected chi connectivity index (χ2v) is 5.53. The van der Waals surface area contributed by atoms with Gasteiger partial charge < -0.3 is 0 Å². The van der Waals surface area contributed by atoms with Crippen molar-refractivity contribution in [2.24, 2.45) is 17.3 Å². The number of carbonyl (C=O) groups excluding carboxylic acids is 1. The van der Waals surface area contributed by atoms with Crippen molar-refractivity contribution >= 4 is 5.78 Å². The van der Waals surface area contributed by atoms with E-state index >= 15 is 0 Å². The van der Waals surface area contributed by atoms with Gasteiger partial charge in [-0.15, -0.1) is 0 Å². The molecular weight excluding hydrogens is 172 g/mol. The van der Waals surface area contributed by atoms with E-state index in [1.165, 1.54) is 44.9 Å². The molecule has 2 aliphatic carbocycles. The van der Waals surface area contributed by atoms with Gasteiger partial charge in [-0.3, -0.25) is 4.79 Å². The van der Waals surface area contributed by atoms with E-state index in [0.29, 0.717) is 23.0 Å². The van der Waals surface area contributed by atoms with E-state index in [1.54, 1.807) is 0 Å². The first-order chi connectivity index (χ1) is 6.66. The van der Waals surface area contributed by atoms with Gasteiger partial charge in [0.25, 0.3) is 0 Å².